The Bertz CT molecular complexity index is 1520. The molecule has 0 spiro atoms. The molecule has 0 unspecified atom stereocenters. The summed E-state index contributed by atoms with van der Waals surface area (Å²) in [7, 11) is 3.92. The smallest absolute Gasteiger partial charge is 0.873 e. The van der Waals surface area contributed by atoms with Crippen LogP contribution in [-0.4, -0.2) is 10.1 Å². The maximum absolute atomic E-state index is 11.9. The van der Waals surface area contributed by atoms with Crippen molar-refractivity contribution in [2.45, 2.75) is 0 Å². The van der Waals surface area contributed by atoms with Crippen LogP contribution in [0.3, 0.4) is 0 Å². The molecular weight excluding hydrogens is 393 g/mol. The van der Waals surface area contributed by atoms with Crippen LogP contribution in [0.5, 0.6) is 11.5 Å². The van der Waals surface area contributed by atoms with Crippen LogP contribution in [0.25, 0.3) is 43.4 Å². The molecule has 0 aliphatic heterocycles. The standard InChI is InChI=1S/C14H11NO.C13H9NO.Be/c1-15-9-3-5-11-8-7-10-4-2-6-12(16)13(10)14(11)15;15-11-5-1-3-9-6-7-10-4-2-8-14-13(10)12(9)11;/h2-9,16H,1H2;1-8,15H;/q;;+2/p-1. The average Bonchev–Trinajstić information content (AvgIpc) is 2.80. The minimum absolute atomic E-state index is 0. The fraction of sp³-hybridized carbons (Fsp3) is 0. The van der Waals surface area contributed by atoms with Crippen LogP contribution in [0.1, 0.15) is 0 Å². The number of hydrogen-bond donors (Lipinski definition) is 0. The first-order valence-electron chi connectivity index (χ1n) is 9.97. The van der Waals surface area contributed by atoms with Crippen LogP contribution in [-0.2, 0) is 0 Å². The van der Waals surface area contributed by atoms with E-state index in [1.165, 1.54) is 0 Å². The Labute approximate surface area is 189 Å². The average molecular weight is 412 g/mol. The second-order valence-electron chi connectivity index (χ2n) is 7.39. The number of aromatic amines is 1. The van der Waals surface area contributed by atoms with E-state index in [9.17, 15) is 10.2 Å². The topological polar surface area (TPSA) is 64.1 Å². The van der Waals surface area contributed by atoms with Gasteiger partial charge in [-0.15, -0.1) is 5.75 Å². The summed E-state index contributed by atoms with van der Waals surface area (Å²) < 4.78 is 1.75. The van der Waals surface area contributed by atoms with E-state index in [1.807, 2.05) is 73.1 Å². The molecule has 0 saturated carbocycles. The number of hydrogen-bond acceptors (Lipinski definition) is 2. The van der Waals surface area contributed by atoms with Crippen molar-refractivity contribution in [2.75, 3.05) is 0 Å². The molecule has 6 rings (SSSR count). The van der Waals surface area contributed by atoms with E-state index in [2.05, 4.69) is 12.0 Å². The van der Waals surface area contributed by atoms with E-state index in [1.54, 1.807) is 28.8 Å². The Balaban J connectivity index is 0.000000149. The Kier molecular flexibility index (Phi) is 5.63. The summed E-state index contributed by atoms with van der Waals surface area (Å²) in [6, 6.07) is 26.5. The molecule has 4 nitrogen and oxygen atoms in total. The monoisotopic (exact) mass is 412 g/mol. The van der Waals surface area contributed by atoms with Gasteiger partial charge in [0.2, 0.25) is 5.52 Å². The predicted molar refractivity (Wildman–Crippen MR) is 125 cm³/mol. The van der Waals surface area contributed by atoms with Crippen molar-refractivity contribution in [1.29, 1.82) is 0 Å². The maximum atomic E-state index is 11.9. The number of nitrogens with one attached hydrogen (secondary N) is 1. The van der Waals surface area contributed by atoms with Gasteiger partial charge in [-0.1, -0.05) is 72.5 Å². The molecule has 4 aromatic carbocycles. The van der Waals surface area contributed by atoms with E-state index in [-0.39, 0.29) is 21.6 Å². The fourth-order valence-corrected chi connectivity index (χ4v) is 4.05. The molecule has 0 radical (unpaired) electrons. The number of fused-ring (bicyclic) bond motifs is 6. The molecule has 0 amide bonds. The van der Waals surface area contributed by atoms with Crippen molar-refractivity contribution in [3.8, 4) is 11.5 Å². The van der Waals surface area contributed by atoms with Gasteiger partial charge >= 0.3 is 10.1 Å². The number of benzene rings is 4. The second kappa shape index (κ2) is 8.54. The molecule has 2 heterocycles. The fourth-order valence-electron chi connectivity index (χ4n) is 4.05. The number of aromatic nitrogens is 2. The van der Waals surface area contributed by atoms with Crippen molar-refractivity contribution in [1.82, 2.24) is 0 Å². The molecule has 150 valence electrons. The third-order valence-electron chi connectivity index (χ3n) is 5.48. The maximum Gasteiger partial charge on any atom is 2.00 e. The Hall–Kier alpha value is -4.14. The quantitative estimate of drug-likeness (QED) is 0.166. The van der Waals surface area contributed by atoms with Gasteiger partial charge in [0.1, 0.15) is 5.52 Å². The minimum atomic E-state index is 0. The van der Waals surface area contributed by atoms with Gasteiger partial charge in [-0.05, 0) is 33.7 Å². The Morgan fingerprint density at radius 3 is 1.94 bits per heavy atom. The van der Waals surface area contributed by atoms with Gasteiger partial charge in [-0.2, -0.15) is 0 Å². The first kappa shape index (κ1) is 21.1. The minimum Gasteiger partial charge on any atom is -0.873 e. The molecule has 32 heavy (non-hydrogen) atoms. The van der Waals surface area contributed by atoms with E-state index < -0.39 is 0 Å². The first-order valence-corrected chi connectivity index (χ1v) is 9.97. The number of nitrogens with zero attached hydrogens (tertiary/aromatic N) is 1. The van der Waals surface area contributed by atoms with Crippen molar-refractivity contribution in [3.05, 3.63) is 104 Å². The Morgan fingerprint density at radius 1 is 0.625 bits per heavy atom. The summed E-state index contributed by atoms with van der Waals surface area (Å²) in [6.45, 7) is 0. The number of H-pyrrole nitrogens is 1. The zero-order valence-electron chi connectivity index (χ0n) is 17.4. The van der Waals surface area contributed by atoms with Crippen molar-refractivity contribution < 1.29 is 19.8 Å². The zero-order valence-corrected chi connectivity index (χ0v) is 17.4. The molecular formula is C27H19BeN2O2+. The van der Waals surface area contributed by atoms with E-state index in [0.717, 1.165) is 43.4 Å². The van der Waals surface area contributed by atoms with Crippen LogP contribution >= 0.6 is 0 Å². The number of pyridine rings is 2. The zero-order chi connectivity index (χ0) is 21.4. The van der Waals surface area contributed by atoms with Crippen molar-refractivity contribution in [2.24, 2.45) is 0 Å². The SMILES string of the molecule is [Be+2].[CH2-][n+]1cccc2ccc3cccc([O-])c3c21.[O-]c1cccc2ccc3ccc[nH+]c3c12. The molecule has 0 atom stereocenters. The van der Waals surface area contributed by atoms with Crippen LogP contribution in [0, 0.1) is 7.05 Å². The van der Waals surface area contributed by atoms with Crippen LogP contribution in [0.15, 0.2) is 97.3 Å². The van der Waals surface area contributed by atoms with Crippen LogP contribution in [0.2, 0.25) is 0 Å². The molecule has 0 saturated heterocycles. The molecule has 0 fully saturated rings. The molecule has 1 N–H and O–H groups in total. The van der Waals surface area contributed by atoms with Gasteiger partial charge in [0.15, 0.2) is 6.20 Å². The largest absolute Gasteiger partial charge is 2.00 e. The van der Waals surface area contributed by atoms with E-state index in [0.29, 0.717) is 0 Å². The summed E-state index contributed by atoms with van der Waals surface area (Å²) in [4.78, 5) is 3.13. The van der Waals surface area contributed by atoms with Gasteiger partial charge in [-0.25, -0.2) is 4.98 Å². The van der Waals surface area contributed by atoms with Gasteiger partial charge in [0.25, 0.3) is 0 Å². The van der Waals surface area contributed by atoms with Crippen molar-refractivity contribution in [3.63, 3.8) is 0 Å². The van der Waals surface area contributed by atoms with Gasteiger partial charge in [0, 0.05) is 23.9 Å². The summed E-state index contributed by atoms with van der Waals surface area (Å²) >= 11 is 0. The predicted octanol–water partition coefficient (Wildman–Crippen LogP) is 3.49. The van der Waals surface area contributed by atoms with Gasteiger partial charge in [-0.3, -0.25) is 0 Å². The van der Waals surface area contributed by atoms with Crippen molar-refractivity contribution >= 4 is 53.5 Å². The third-order valence-corrected chi connectivity index (χ3v) is 5.48. The normalized spacial score (nSPS) is 10.6. The second-order valence-corrected chi connectivity index (χ2v) is 7.39. The molecule has 5 heteroatoms. The van der Waals surface area contributed by atoms with E-state index in [4.69, 9.17) is 0 Å². The molecule has 2 aromatic heterocycles. The molecule has 0 bridgehead atoms. The van der Waals surface area contributed by atoms with Gasteiger partial charge in [0.05, 0.1) is 6.20 Å². The third kappa shape index (κ3) is 3.57. The molecule has 0 aliphatic carbocycles. The Morgan fingerprint density at radius 2 is 1.19 bits per heavy atom. The number of rotatable bonds is 0. The molecule has 0 aliphatic rings. The summed E-state index contributed by atoms with van der Waals surface area (Å²) in [5.41, 5.74) is 1.81. The summed E-state index contributed by atoms with van der Waals surface area (Å²) in [6.07, 6.45) is 3.70. The summed E-state index contributed by atoms with van der Waals surface area (Å²) in [5.74, 6) is 0.118. The molecule has 6 aromatic rings. The van der Waals surface area contributed by atoms with Crippen LogP contribution < -0.4 is 19.8 Å². The van der Waals surface area contributed by atoms with Crippen LogP contribution in [0.4, 0.5) is 0 Å². The first-order chi connectivity index (χ1) is 15.1. The van der Waals surface area contributed by atoms with Gasteiger partial charge < -0.3 is 14.8 Å². The van der Waals surface area contributed by atoms with E-state index >= 15 is 0 Å². The summed E-state index contributed by atoms with van der Waals surface area (Å²) in [5, 5.41) is 29.2.